The minimum absolute atomic E-state index is 0.159. The predicted octanol–water partition coefficient (Wildman–Crippen LogP) is 3.48. The number of amides is 1. The molecule has 0 atom stereocenters. The van der Waals surface area contributed by atoms with Crippen molar-refractivity contribution < 1.29 is 14.3 Å². The number of hydrogen-bond donors (Lipinski definition) is 1. The van der Waals surface area contributed by atoms with Crippen LogP contribution in [0.5, 0.6) is 5.75 Å². The van der Waals surface area contributed by atoms with Crippen molar-refractivity contribution in [1.82, 2.24) is 0 Å². The molecule has 0 saturated heterocycles. The summed E-state index contributed by atoms with van der Waals surface area (Å²) in [7, 11) is 0. The van der Waals surface area contributed by atoms with Gasteiger partial charge >= 0.3 is 0 Å². The maximum Gasteiger partial charge on any atom is 0.262 e. The van der Waals surface area contributed by atoms with Crippen molar-refractivity contribution in [2.45, 2.75) is 6.92 Å². The maximum absolute atomic E-state index is 11.8. The van der Waals surface area contributed by atoms with Gasteiger partial charge in [0.25, 0.3) is 5.91 Å². The Bertz CT molecular complexity index is 670. The van der Waals surface area contributed by atoms with Crippen LogP contribution in [0.15, 0.2) is 42.5 Å². The molecule has 0 aliphatic rings. The van der Waals surface area contributed by atoms with Gasteiger partial charge in [-0.1, -0.05) is 23.7 Å². The third-order valence-corrected chi connectivity index (χ3v) is 3.05. The van der Waals surface area contributed by atoms with Gasteiger partial charge in [0.05, 0.1) is 5.02 Å². The van der Waals surface area contributed by atoms with Crippen LogP contribution in [-0.4, -0.2) is 18.8 Å². The number of rotatable bonds is 5. The van der Waals surface area contributed by atoms with E-state index in [1.54, 1.807) is 18.2 Å². The predicted molar refractivity (Wildman–Crippen MR) is 82.1 cm³/mol. The van der Waals surface area contributed by atoms with Gasteiger partial charge in [-0.3, -0.25) is 9.59 Å². The number of hydrogen-bond acceptors (Lipinski definition) is 3. The molecule has 2 rings (SSSR count). The fourth-order valence-electron chi connectivity index (χ4n) is 1.77. The zero-order valence-corrected chi connectivity index (χ0v) is 12.2. The minimum atomic E-state index is -0.281. The summed E-state index contributed by atoms with van der Waals surface area (Å²) in [5, 5.41) is 3.03. The molecule has 2 aromatic rings. The average Bonchev–Trinajstić information content (AvgIpc) is 2.46. The highest BCUT2D eigenvalue weighted by atomic mass is 35.5. The first-order chi connectivity index (χ1) is 10.1. The molecule has 0 aliphatic carbocycles. The van der Waals surface area contributed by atoms with E-state index in [1.165, 1.54) is 6.07 Å². The highest BCUT2D eigenvalue weighted by Gasteiger charge is 2.07. The molecule has 0 aliphatic heterocycles. The lowest BCUT2D eigenvalue weighted by molar-refractivity contribution is -0.118. The number of anilines is 1. The lowest BCUT2D eigenvalue weighted by Gasteiger charge is -2.09. The van der Waals surface area contributed by atoms with Crippen molar-refractivity contribution in [2.75, 3.05) is 11.9 Å². The van der Waals surface area contributed by atoms with Gasteiger partial charge in [0.1, 0.15) is 12.0 Å². The Morgan fingerprint density at radius 1 is 1.29 bits per heavy atom. The van der Waals surface area contributed by atoms with E-state index in [1.807, 2.05) is 25.1 Å². The van der Waals surface area contributed by atoms with Gasteiger partial charge in [-0.05, 0) is 42.8 Å². The SMILES string of the molecule is Cc1cccc(NC(=O)COc2ccc(C=O)cc2Cl)c1. The number of carbonyl (C=O) groups excluding carboxylic acids is 2. The van der Waals surface area contributed by atoms with Gasteiger partial charge in [0.15, 0.2) is 6.61 Å². The van der Waals surface area contributed by atoms with Crippen molar-refractivity contribution in [1.29, 1.82) is 0 Å². The summed E-state index contributed by atoms with van der Waals surface area (Å²) in [4.78, 5) is 22.4. The smallest absolute Gasteiger partial charge is 0.262 e. The first-order valence-corrected chi connectivity index (χ1v) is 6.70. The molecular formula is C16H14ClNO3. The highest BCUT2D eigenvalue weighted by Crippen LogP contribution is 2.24. The standard InChI is InChI=1S/C16H14ClNO3/c1-11-3-2-4-13(7-11)18-16(20)10-21-15-6-5-12(9-19)8-14(15)17/h2-9H,10H2,1H3,(H,18,20). The molecule has 0 unspecified atom stereocenters. The van der Waals surface area contributed by atoms with Gasteiger partial charge < -0.3 is 10.1 Å². The third kappa shape index (κ3) is 4.33. The quantitative estimate of drug-likeness (QED) is 0.860. The van der Waals surface area contributed by atoms with Crippen LogP contribution in [0, 0.1) is 6.92 Å². The lowest BCUT2D eigenvalue weighted by Crippen LogP contribution is -2.20. The molecule has 0 aromatic heterocycles. The van der Waals surface area contributed by atoms with Crippen LogP contribution in [0.2, 0.25) is 5.02 Å². The Kier molecular flexibility index (Phi) is 4.95. The molecule has 108 valence electrons. The van der Waals surface area contributed by atoms with E-state index in [-0.39, 0.29) is 12.5 Å². The number of benzene rings is 2. The van der Waals surface area contributed by atoms with E-state index in [4.69, 9.17) is 16.3 Å². The molecule has 0 heterocycles. The second kappa shape index (κ2) is 6.90. The van der Waals surface area contributed by atoms with Gasteiger partial charge in [0, 0.05) is 11.3 Å². The van der Waals surface area contributed by atoms with E-state index >= 15 is 0 Å². The summed E-state index contributed by atoms with van der Waals surface area (Å²) in [5.41, 5.74) is 2.23. The van der Waals surface area contributed by atoms with Crippen molar-refractivity contribution in [3.05, 3.63) is 58.6 Å². The van der Waals surface area contributed by atoms with Crippen LogP contribution in [0.3, 0.4) is 0 Å². The Hall–Kier alpha value is -2.33. The Morgan fingerprint density at radius 2 is 2.10 bits per heavy atom. The summed E-state index contributed by atoms with van der Waals surface area (Å²) in [6.45, 7) is 1.79. The number of ether oxygens (including phenoxy) is 1. The van der Waals surface area contributed by atoms with Crippen LogP contribution in [0.1, 0.15) is 15.9 Å². The molecule has 5 heteroatoms. The van der Waals surface area contributed by atoms with E-state index < -0.39 is 0 Å². The van der Waals surface area contributed by atoms with Gasteiger partial charge in [-0.2, -0.15) is 0 Å². The number of aryl methyl sites for hydroxylation is 1. The number of nitrogens with one attached hydrogen (secondary N) is 1. The Balaban J connectivity index is 1.93. The molecule has 0 spiro atoms. The van der Waals surface area contributed by atoms with Gasteiger partial charge in [-0.15, -0.1) is 0 Å². The monoisotopic (exact) mass is 303 g/mol. The molecule has 0 saturated carbocycles. The topological polar surface area (TPSA) is 55.4 Å². The van der Waals surface area contributed by atoms with E-state index in [2.05, 4.69) is 5.32 Å². The third-order valence-electron chi connectivity index (χ3n) is 2.75. The molecule has 4 nitrogen and oxygen atoms in total. The Labute approximate surface area is 127 Å². The van der Waals surface area contributed by atoms with Crippen molar-refractivity contribution in [2.24, 2.45) is 0 Å². The Morgan fingerprint density at radius 3 is 2.76 bits per heavy atom. The number of aldehydes is 1. The normalized spacial score (nSPS) is 10.0. The second-order valence-corrected chi connectivity index (χ2v) is 4.92. The fourth-order valence-corrected chi connectivity index (χ4v) is 2.01. The lowest BCUT2D eigenvalue weighted by atomic mass is 10.2. The summed E-state index contributed by atoms with van der Waals surface area (Å²) in [5.74, 6) is 0.0813. The van der Waals surface area contributed by atoms with E-state index in [0.29, 0.717) is 28.3 Å². The zero-order valence-electron chi connectivity index (χ0n) is 11.4. The molecule has 0 radical (unpaired) electrons. The van der Waals surface area contributed by atoms with Crippen LogP contribution >= 0.6 is 11.6 Å². The van der Waals surface area contributed by atoms with Gasteiger partial charge in [-0.25, -0.2) is 0 Å². The molecule has 0 bridgehead atoms. The van der Waals surface area contributed by atoms with Crippen molar-refractivity contribution in [3.63, 3.8) is 0 Å². The maximum atomic E-state index is 11.8. The number of halogens is 1. The van der Waals surface area contributed by atoms with Crippen LogP contribution in [-0.2, 0) is 4.79 Å². The van der Waals surface area contributed by atoms with Crippen LogP contribution in [0.4, 0.5) is 5.69 Å². The minimum Gasteiger partial charge on any atom is -0.482 e. The molecule has 1 N–H and O–H groups in total. The average molecular weight is 304 g/mol. The fraction of sp³-hybridized carbons (Fsp3) is 0.125. The van der Waals surface area contributed by atoms with Crippen molar-refractivity contribution >= 4 is 29.5 Å². The summed E-state index contributed by atoms with van der Waals surface area (Å²) in [6, 6.07) is 12.1. The molecular weight excluding hydrogens is 290 g/mol. The summed E-state index contributed by atoms with van der Waals surface area (Å²) in [6.07, 6.45) is 0.695. The second-order valence-electron chi connectivity index (χ2n) is 4.51. The number of carbonyl (C=O) groups is 2. The molecule has 0 fully saturated rings. The van der Waals surface area contributed by atoms with E-state index in [9.17, 15) is 9.59 Å². The summed E-state index contributed by atoms with van der Waals surface area (Å²) < 4.78 is 5.34. The van der Waals surface area contributed by atoms with Crippen LogP contribution in [0.25, 0.3) is 0 Å². The highest BCUT2D eigenvalue weighted by molar-refractivity contribution is 6.32. The van der Waals surface area contributed by atoms with E-state index in [0.717, 1.165) is 5.56 Å². The van der Waals surface area contributed by atoms with Crippen molar-refractivity contribution in [3.8, 4) is 5.75 Å². The summed E-state index contributed by atoms with van der Waals surface area (Å²) >= 11 is 5.96. The zero-order chi connectivity index (χ0) is 15.2. The molecule has 21 heavy (non-hydrogen) atoms. The molecule has 2 aromatic carbocycles. The molecule has 1 amide bonds. The van der Waals surface area contributed by atoms with Crippen LogP contribution < -0.4 is 10.1 Å². The van der Waals surface area contributed by atoms with Gasteiger partial charge in [0.2, 0.25) is 0 Å². The first-order valence-electron chi connectivity index (χ1n) is 6.32. The largest absolute Gasteiger partial charge is 0.482 e. The first kappa shape index (κ1) is 15.1.